The number of hydrogen-bond donors (Lipinski definition) is 0. The van der Waals surface area contributed by atoms with Crippen LogP contribution in [0.4, 0.5) is 0 Å². The van der Waals surface area contributed by atoms with Gasteiger partial charge in [-0.2, -0.15) is 0 Å². The Labute approximate surface area is 140 Å². The summed E-state index contributed by atoms with van der Waals surface area (Å²) in [7, 11) is -3.70. The second-order valence-corrected chi connectivity index (χ2v) is 7.83. The van der Waals surface area contributed by atoms with E-state index >= 15 is 0 Å². The molecule has 0 atom stereocenters. The predicted octanol–water partition coefficient (Wildman–Crippen LogP) is 3.84. The molecule has 0 unspecified atom stereocenters. The van der Waals surface area contributed by atoms with Gasteiger partial charge in [-0.1, -0.05) is 29.8 Å². The van der Waals surface area contributed by atoms with Crippen molar-refractivity contribution < 1.29 is 8.42 Å². The molecule has 7 heteroatoms. The van der Waals surface area contributed by atoms with Crippen LogP contribution in [0.2, 0.25) is 5.02 Å². The van der Waals surface area contributed by atoms with E-state index in [0.717, 1.165) is 0 Å². The Morgan fingerprint density at radius 3 is 2.52 bits per heavy atom. The molecule has 1 aromatic carbocycles. The van der Waals surface area contributed by atoms with Crippen molar-refractivity contribution in [3.63, 3.8) is 0 Å². The Morgan fingerprint density at radius 1 is 1.19 bits per heavy atom. The van der Waals surface area contributed by atoms with Crippen molar-refractivity contribution in [2.45, 2.75) is 11.8 Å². The van der Waals surface area contributed by atoms with Crippen LogP contribution in [0.3, 0.4) is 0 Å². The zero-order valence-electron chi connectivity index (χ0n) is 10.9. The van der Waals surface area contributed by atoms with Crippen molar-refractivity contribution >= 4 is 55.2 Å². The number of hydrogen-bond acceptors (Lipinski definition) is 3. The van der Waals surface area contributed by atoms with Gasteiger partial charge in [-0.05, 0) is 53.8 Å². The molecule has 21 heavy (non-hydrogen) atoms. The molecule has 3 rings (SSSR count). The molecular weight excluding hydrogens is 423 g/mol. The third-order valence-corrected chi connectivity index (χ3v) is 6.20. The maximum atomic E-state index is 12.8. The van der Waals surface area contributed by atoms with Gasteiger partial charge in [0.1, 0.15) is 0 Å². The highest BCUT2D eigenvalue weighted by Crippen LogP contribution is 2.30. The molecule has 0 fully saturated rings. The maximum absolute atomic E-state index is 12.8. The highest BCUT2D eigenvalue weighted by molar-refractivity contribution is 14.1. The van der Waals surface area contributed by atoms with Crippen LogP contribution in [0.5, 0.6) is 0 Å². The second-order valence-electron chi connectivity index (χ2n) is 4.53. The average molecular weight is 433 g/mol. The number of aromatic nitrogens is 2. The van der Waals surface area contributed by atoms with E-state index in [1.807, 2.05) is 22.6 Å². The van der Waals surface area contributed by atoms with Gasteiger partial charge in [0.15, 0.2) is 5.65 Å². The molecule has 108 valence electrons. The Hall–Kier alpha value is -1.12. The van der Waals surface area contributed by atoms with Crippen LogP contribution in [-0.4, -0.2) is 17.4 Å². The van der Waals surface area contributed by atoms with Gasteiger partial charge in [0, 0.05) is 11.1 Å². The van der Waals surface area contributed by atoms with Gasteiger partial charge in [-0.25, -0.2) is 17.4 Å². The van der Waals surface area contributed by atoms with E-state index in [1.165, 1.54) is 3.97 Å². The topological polar surface area (TPSA) is 52.0 Å². The monoisotopic (exact) mass is 432 g/mol. The van der Waals surface area contributed by atoms with Crippen molar-refractivity contribution in [3.8, 4) is 0 Å². The Morgan fingerprint density at radius 2 is 1.86 bits per heavy atom. The van der Waals surface area contributed by atoms with E-state index in [1.54, 1.807) is 49.4 Å². The highest BCUT2D eigenvalue weighted by Gasteiger charge is 2.23. The van der Waals surface area contributed by atoms with Crippen LogP contribution in [-0.2, 0) is 10.0 Å². The molecule has 0 radical (unpaired) electrons. The average Bonchev–Trinajstić information content (AvgIpc) is 2.77. The summed E-state index contributed by atoms with van der Waals surface area (Å²) in [6.45, 7) is 1.78. The summed E-state index contributed by atoms with van der Waals surface area (Å²) in [6, 6.07) is 11.7. The highest BCUT2D eigenvalue weighted by atomic mass is 127. The molecule has 0 aliphatic rings. The lowest BCUT2D eigenvalue weighted by molar-refractivity contribution is 0.588. The molecule has 0 saturated heterocycles. The van der Waals surface area contributed by atoms with E-state index < -0.39 is 10.0 Å². The van der Waals surface area contributed by atoms with E-state index in [4.69, 9.17) is 11.6 Å². The van der Waals surface area contributed by atoms with E-state index in [-0.39, 0.29) is 4.90 Å². The van der Waals surface area contributed by atoms with Gasteiger partial charge in [-0.3, -0.25) is 0 Å². The zero-order chi connectivity index (χ0) is 15.2. The van der Waals surface area contributed by atoms with Gasteiger partial charge < -0.3 is 0 Å². The zero-order valence-corrected chi connectivity index (χ0v) is 14.6. The van der Waals surface area contributed by atoms with Crippen molar-refractivity contribution in [2.24, 2.45) is 0 Å². The molecule has 0 bridgehead atoms. The van der Waals surface area contributed by atoms with E-state index in [9.17, 15) is 8.42 Å². The van der Waals surface area contributed by atoms with Gasteiger partial charge in [0.25, 0.3) is 10.0 Å². The minimum Gasteiger partial charge on any atom is -0.234 e. The molecule has 3 aromatic rings. The van der Waals surface area contributed by atoms with E-state index in [2.05, 4.69) is 4.98 Å². The Bertz CT molecular complexity index is 937. The quantitative estimate of drug-likeness (QED) is 0.578. The molecule has 2 aromatic heterocycles. The van der Waals surface area contributed by atoms with E-state index in [0.29, 0.717) is 25.5 Å². The summed E-state index contributed by atoms with van der Waals surface area (Å²) in [5, 5.41) is 1.13. The number of aryl methyl sites for hydroxylation is 1. The molecule has 0 N–H and O–H groups in total. The first-order chi connectivity index (χ1) is 9.91. The Kier molecular flexibility index (Phi) is 3.71. The fraction of sp³-hybridized carbons (Fsp3) is 0.0714. The lowest BCUT2D eigenvalue weighted by Gasteiger charge is -2.09. The molecule has 2 heterocycles. The van der Waals surface area contributed by atoms with Gasteiger partial charge in [-0.15, -0.1) is 0 Å². The first-order valence-electron chi connectivity index (χ1n) is 6.06. The molecule has 0 spiro atoms. The molecule has 0 amide bonds. The molecular formula is C14H10ClIN2O2S. The molecule has 0 saturated carbocycles. The SMILES string of the molecule is Cc1cc(Cl)c2cc(I)n(S(=O)(=O)c3ccccc3)c2n1. The maximum Gasteiger partial charge on any atom is 0.270 e. The smallest absolute Gasteiger partial charge is 0.234 e. The Balaban J connectivity index is 2.38. The number of pyridine rings is 1. The minimum atomic E-state index is -3.70. The van der Waals surface area contributed by atoms with Crippen LogP contribution in [0, 0.1) is 10.6 Å². The normalized spacial score (nSPS) is 12.0. The van der Waals surface area contributed by atoms with Gasteiger partial charge >= 0.3 is 0 Å². The number of fused-ring (bicyclic) bond motifs is 1. The number of nitrogens with zero attached hydrogens (tertiary/aromatic N) is 2. The fourth-order valence-corrected chi connectivity index (χ4v) is 5.10. The summed E-state index contributed by atoms with van der Waals surface area (Å²) in [5.41, 5.74) is 1.03. The lowest BCUT2D eigenvalue weighted by atomic mass is 10.3. The van der Waals surface area contributed by atoms with Crippen molar-refractivity contribution in [1.29, 1.82) is 0 Å². The van der Waals surface area contributed by atoms with Crippen LogP contribution < -0.4 is 0 Å². The van der Waals surface area contributed by atoms with Crippen LogP contribution in [0.25, 0.3) is 11.0 Å². The predicted molar refractivity (Wildman–Crippen MR) is 91.2 cm³/mol. The summed E-state index contributed by atoms with van der Waals surface area (Å²) in [6.07, 6.45) is 0. The van der Waals surface area contributed by atoms with Crippen molar-refractivity contribution in [2.75, 3.05) is 0 Å². The molecule has 0 aliphatic heterocycles. The van der Waals surface area contributed by atoms with Crippen molar-refractivity contribution in [1.82, 2.24) is 8.96 Å². The number of rotatable bonds is 2. The fourth-order valence-electron chi connectivity index (χ4n) is 2.12. The second kappa shape index (κ2) is 5.26. The largest absolute Gasteiger partial charge is 0.270 e. The van der Waals surface area contributed by atoms with Crippen LogP contribution >= 0.6 is 34.2 Å². The lowest BCUT2D eigenvalue weighted by Crippen LogP contribution is -2.15. The van der Waals surface area contributed by atoms with Crippen LogP contribution in [0.15, 0.2) is 47.4 Å². The van der Waals surface area contributed by atoms with Gasteiger partial charge in [0.05, 0.1) is 13.6 Å². The number of benzene rings is 1. The van der Waals surface area contributed by atoms with Crippen molar-refractivity contribution in [3.05, 3.63) is 56.9 Å². The molecule has 4 nitrogen and oxygen atoms in total. The summed E-state index contributed by atoms with van der Waals surface area (Å²) in [4.78, 5) is 4.57. The standard InChI is InChI=1S/C14H10ClIN2O2S/c1-9-7-12(15)11-8-13(16)18(14(11)17-9)21(19,20)10-5-3-2-4-6-10/h2-8H,1H3. The third-order valence-electron chi connectivity index (χ3n) is 3.05. The summed E-state index contributed by atoms with van der Waals surface area (Å²) in [5.74, 6) is 0. The first kappa shape index (κ1) is 14.8. The summed E-state index contributed by atoms with van der Waals surface area (Å²) < 4.78 is 27.4. The molecule has 0 aliphatic carbocycles. The summed E-state index contributed by atoms with van der Waals surface area (Å²) >= 11 is 8.17. The minimum absolute atomic E-state index is 0.222. The number of halogens is 2. The third kappa shape index (κ3) is 2.45. The first-order valence-corrected chi connectivity index (χ1v) is 8.95. The van der Waals surface area contributed by atoms with Crippen LogP contribution in [0.1, 0.15) is 5.69 Å². The van der Waals surface area contributed by atoms with Gasteiger partial charge in [0.2, 0.25) is 0 Å².